The van der Waals surface area contributed by atoms with E-state index in [4.69, 9.17) is 10.8 Å². The van der Waals surface area contributed by atoms with Gasteiger partial charge in [-0.3, -0.25) is 9.80 Å². The molecule has 17 heavy (non-hydrogen) atoms. The van der Waals surface area contributed by atoms with E-state index in [1.54, 1.807) is 0 Å². The first kappa shape index (κ1) is 12.3. The number of pyridine rings is 1. The van der Waals surface area contributed by atoms with Gasteiger partial charge in [-0.2, -0.15) is 0 Å². The highest BCUT2D eigenvalue weighted by molar-refractivity contribution is 5.29. The highest BCUT2D eigenvalue weighted by Crippen LogP contribution is 2.08. The highest BCUT2D eigenvalue weighted by atomic mass is 16.3. The Morgan fingerprint density at radius 2 is 1.88 bits per heavy atom. The molecule has 0 aromatic carbocycles. The normalized spacial score (nSPS) is 18.4. The first-order valence-corrected chi connectivity index (χ1v) is 6.04. The second-order valence-electron chi connectivity index (χ2n) is 4.43. The number of aliphatic hydroxyl groups is 1. The molecule has 0 aliphatic carbocycles. The van der Waals surface area contributed by atoms with Gasteiger partial charge < -0.3 is 10.8 Å². The van der Waals surface area contributed by atoms with Gasteiger partial charge in [0.15, 0.2) is 0 Å². The van der Waals surface area contributed by atoms with Gasteiger partial charge in [-0.25, -0.2) is 4.98 Å². The minimum absolute atomic E-state index is 0.252. The molecule has 1 fully saturated rings. The molecule has 0 amide bonds. The molecule has 0 unspecified atom stereocenters. The van der Waals surface area contributed by atoms with Crippen LogP contribution in [0.25, 0.3) is 0 Å². The number of hydrogen-bond donors (Lipinski definition) is 2. The predicted octanol–water partition coefficient (Wildman–Crippen LogP) is -0.226. The summed E-state index contributed by atoms with van der Waals surface area (Å²) in [7, 11) is 0. The van der Waals surface area contributed by atoms with Crippen LogP contribution in [0.1, 0.15) is 5.56 Å². The van der Waals surface area contributed by atoms with Crippen LogP contribution in [0.5, 0.6) is 0 Å². The molecule has 1 aliphatic heterocycles. The topological polar surface area (TPSA) is 65.6 Å². The maximum Gasteiger partial charge on any atom is 0.123 e. The molecule has 0 atom stereocenters. The van der Waals surface area contributed by atoms with Gasteiger partial charge in [0, 0.05) is 45.5 Å². The number of aliphatic hydroxyl groups excluding tert-OH is 1. The van der Waals surface area contributed by atoms with E-state index in [-0.39, 0.29) is 6.61 Å². The summed E-state index contributed by atoms with van der Waals surface area (Å²) in [6, 6.07) is 3.87. The van der Waals surface area contributed by atoms with Crippen LogP contribution in [0, 0.1) is 0 Å². The van der Waals surface area contributed by atoms with E-state index in [1.165, 1.54) is 5.56 Å². The van der Waals surface area contributed by atoms with Gasteiger partial charge in [0.05, 0.1) is 6.61 Å². The number of rotatable bonds is 4. The molecule has 2 heterocycles. The summed E-state index contributed by atoms with van der Waals surface area (Å²) in [5.74, 6) is 0.571. The van der Waals surface area contributed by atoms with Gasteiger partial charge in [0.25, 0.3) is 0 Å². The van der Waals surface area contributed by atoms with Crippen molar-refractivity contribution >= 4 is 5.82 Å². The number of piperazine rings is 1. The molecule has 1 aromatic heterocycles. The highest BCUT2D eigenvalue weighted by Gasteiger charge is 2.16. The van der Waals surface area contributed by atoms with Gasteiger partial charge >= 0.3 is 0 Å². The second-order valence-corrected chi connectivity index (χ2v) is 4.43. The van der Waals surface area contributed by atoms with Crippen molar-refractivity contribution in [3.05, 3.63) is 23.9 Å². The molecule has 0 radical (unpaired) electrons. The Bertz CT molecular complexity index is 333. The maximum atomic E-state index is 8.87. The Labute approximate surface area is 102 Å². The van der Waals surface area contributed by atoms with Crippen LogP contribution in [0.2, 0.25) is 0 Å². The number of anilines is 1. The summed E-state index contributed by atoms with van der Waals surface area (Å²) in [5.41, 5.74) is 6.76. The zero-order valence-corrected chi connectivity index (χ0v) is 10.0. The summed E-state index contributed by atoms with van der Waals surface area (Å²) < 4.78 is 0. The van der Waals surface area contributed by atoms with Crippen LogP contribution < -0.4 is 5.73 Å². The third-order valence-corrected chi connectivity index (χ3v) is 3.13. The average Bonchev–Trinajstić information content (AvgIpc) is 2.35. The smallest absolute Gasteiger partial charge is 0.123 e. The average molecular weight is 236 g/mol. The molecule has 5 heteroatoms. The lowest BCUT2D eigenvalue weighted by atomic mass is 10.2. The monoisotopic (exact) mass is 236 g/mol. The standard InChI is InChI=1S/C12H20N4O/c13-12-2-1-11(9-14-12)10-16-5-3-15(4-6-16)7-8-17/h1-2,9,17H,3-8,10H2,(H2,13,14). The van der Waals surface area contributed by atoms with Crippen LogP contribution in [0.3, 0.4) is 0 Å². The molecular weight excluding hydrogens is 216 g/mol. The summed E-state index contributed by atoms with van der Waals surface area (Å²) in [6.45, 7) is 6.13. The van der Waals surface area contributed by atoms with Crippen molar-refractivity contribution in [3.63, 3.8) is 0 Å². The van der Waals surface area contributed by atoms with Gasteiger partial charge in [-0.05, 0) is 11.6 Å². The zero-order chi connectivity index (χ0) is 12.1. The van der Waals surface area contributed by atoms with Crippen molar-refractivity contribution in [1.29, 1.82) is 0 Å². The molecule has 3 N–H and O–H groups in total. The number of nitrogens with two attached hydrogens (primary N) is 1. The predicted molar refractivity (Wildman–Crippen MR) is 67.5 cm³/mol. The number of β-amino-alcohol motifs (C(OH)–C–C–N with tert-alkyl or cyclic N) is 1. The van der Waals surface area contributed by atoms with E-state index in [0.29, 0.717) is 5.82 Å². The van der Waals surface area contributed by atoms with E-state index in [9.17, 15) is 0 Å². The zero-order valence-electron chi connectivity index (χ0n) is 10.0. The molecule has 0 bridgehead atoms. The van der Waals surface area contributed by atoms with E-state index >= 15 is 0 Å². The van der Waals surface area contributed by atoms with Crippen molar-refractivity contribution in [3.8, 4) is 0 Å². The van der Waals surface area contributed by atoms with E-state index in [1.807, 2.05) is 18.3 Å². The summed E-state index contributed by atoms with van der Waals surface area (Å²) in [4.78, 5) is 8.79. The Balaban J connectivity index is 1.79. The summed E-state index contributed by atoms with van der Waals surface area (Å²) in [5, 5.41) is 8.87. The van der Waals surface area contributed by atoms with E-state index in [2.05, 4.69) is 14.8 Å². The molecule has 2 rings (SSSR count). The van der Waals surface area contributed by atoms with Crippen molar-refractivity contribution in [2.75, 3.05) is 45.1 Å². The lowest BCUT2D eigenvalue weighted by molar-refractivity contribution is 0.108. The molecular formula is C12H20N4O. The molecule has 0 spiro atoms. The Kier molecular flexibility index (Phi) is 4.30. The molecule has 5 nitrogen and oxygen atoms in total. The van der Waals surface area contributed by atoms with Crippen LogP contribution >= 0.6 is 0 Å². The lowest BCUT2D eigenvalue weighted by Gasteiger charge is -2.34. The summed E-state index contributed by atoms with van der Waals surface area (Å²) in [6.07, 6.45) is 1.84. The van der Waals surface area contributed by atoms with Crippen LogP contribution in [0.4, 0.5) is 5.82 Å². The molecule has 1 aliphatic rings. The van der Waals surface area contributed by atoms with Crippen molar-refractivity contribution in [2.24, 2.45) is 0 Å². The number of nitrogen functional groups attached to an aromatic ring is 1. The third kappa shape index (κ3) is 3.66. The number of hydrogen-bond acceptors (Lipinski definition) is 5. The van der Waals surface area contributed by atoms with Crippen molar-refractivity contribution in [2.45, 2.75) is 6.54 Å². The number of aromatic nitrogens is 1. The van der Waals surface area contributed by atoms with Crippen LogP contribution in [-0.2, 0) is 6.54 Å². The Morgan fingerprint density at radius 1 is 1.18 bits per heavy atom. The van der Waals surface area contributed by atoms with Crippen molar-refractivity contribution < 1.29 is 5.11 Å². The van der Waals surface area contributed by atoms with Crippen LogP contribution in [0.15, 0.2) is 18.3 Å². The Hall–Kier alpha value is -1.17. The molecule has 94 valence electrons. The number of nitrogens with zero attached hydrogens (tertiary/aromatic N) is 3. The fourth-order valence-corrected chi connectivity index (χ4v) is 2.10. The lowest BCUT2D eigenvalue weighted by Crippen LogP contribution is -2.46. The van der Waals surface area contributed by atoms with Gasteiger partial charge in [-0.15, -0.1) is 0 Å². The third-order valence-electron chi connectivity index (χ3n) is 3.13. The largest absolute Gasteiger partial charge is 0.395 e. The fraction of sp³-hybridized carbons (Fsp3) is 0.583. The van der Waals surface area contributed by atoms with Gasteiger partial charge in [-0.1, -0.05) is 6.07 Å². The quantitative estimate of drug-likeness (QED) is 0.756. The van der Waals surface area contributed by atoms with Gasteiger partial charge in [0.1, 0.15) is 5.82 Å². The first-order chi connectivity index (χ1) is 8.28. The minimum atomic E-state index is 0.252. The molecule has 0 saturated carbocycles. The Morgan fingerprint density at radius 3 is 2.47 bits per heavy atom. The van der Waals surface area contributed by atoms with Gasteiger partial charge in [0.2, 0.25) is 0 Å². The first-order valence-electron chi connectivity index (χ1n) is 6.04. The molecule has 1 saturated heterocycles. The second kappa shape index (κ2) is 5.95. The minimum Gasteiger partial charge on any atom is -0.395 e. The van der Waals surface area contributed by atoms with E-state index in [0.717, 1.165) is 39.3 Å². The molecule has 1 aromatic rings. The maximum absolute atomic E-state index is 8.87. The summed E-state index contributed by atoms with van der Waals surface area (Å²) >= 11 is 0. The fourth-order valence-electron chi connectivity index (χ4n) is 2.10. The SMILES string of the molecule is Nc1ccc(CN2CCN(CCO)CC2)cn1. The van der Waals surface area contributed by atoms with Crippen molar-refractivity contribution in [1.82, 2.24) is 14.8 Å². The van der Waals surface area contributed by atoms with Crippen LogP contribution in [-0.4, -0.2) is 59.2 Å². The van der Waals surface area contributed by atoms with E-state index < -0.39 is 0 Å².